The van der Waals surface area contributed by atoms with Gasteiger partial charge in [0.05, 0.1) is 0 Å². The molecule has 1 saturated heterocycles. The number of rotatable bonds is 4. The van der Waals surface area contributed by atoms with Crippen LogP contribution in [0.15, 0.2) is 18.3 Å². The smallest absolute Gasteiger partial charge is 0.407 e. The largest absolute Gasteiger partial charge is 0.444 e. The highest BCUT2D eigenvalue weighted by molar-refractivity contribution is 5.67. The molecule has 1 amide bonds. The molecule has 5 nitrogen and oxygen atoms in total. The predicted molar refractivity (Wildman–Crippen MR) is 87.7 cm³/mol. The number of carbonyl (C=O) groups is 1. The van der Waals surface area contributed by atoms with Crippen molar-refractivity contribution in [3.8, 4) is 0 Å². The fourth-order valence-corrected chi connectivity index (χ4v) is 2.96. The van der Waals surface area contributed by atoms with Crippen molar-refractivity contribution in [1.82, 2.24) is 15.2 Å². The lowest BCUT2D eigenvalue weighted by Crippen LogP contribution is -2.43. The van der Waals surface area contributed by atoms with Crippen LogP contribution in [0.4, 0.5) is 4.79 Å². The molecule has 2 heterocycles. The number of hydrogen-bond donors (Lipinski definition) is 2. The zero-order valence-electron chi connectivity index (χ0n) is 14.2. The fourth-order valence-electron chi connectivity index (χ4n) is 2.96. The van der Waals surface area contributed by atoms with Crippen LogP contribution in [-0.4, -0.2) is 41.2 Å². The highest BCUT2D eigenvalue weighted by atomic mass is 16.6. The number of H-pyrrole nitrogens is 1. The zero-order valence-corrected chi connectivity index (χ0v) is 14.2. The Bertz CT molecular complexity index is 465. The molecular weight excluding hydrogens is 278 g/mol. The maximum atomic E-state index is 11.8. The molecule has 0 unspecified atom stereocenters. The van der Waals surface area contributed by atoms with Crippen LogP contribution in [0, 0.1) is 5.92 Å². The normalized spacial score (nSPS) is 21.4. The Morgan fingerprint density at radius 1 is 1.55 bits per heavy atom. The first-order valence-electron chi connectivity index (χ1n) is 8.19. The van der Waals surface area contributed by atoms with Gasteiger partial charge in [0.2, 0.25) is 0 Å². The lowest BCUT2D eigenvalue weighted by molar-refractivity contribution is 0.0500. The van der Waals surface area contributed by atoms with Crippen LogP contribution in [0.2, 0.25) is 0 Å². The van der Waals surface area contributed by atoms with Crippen molar-refractivity contribution in [3.05, 3.63) is 24.0 Å². The van der Waals surface area contributed by atoms with Crippen molar-refractivity contribution >= 4 is 6.09 Å². The van der Waals surface area contributed by atoms with E-state index in [1.165, 1.54) is 12.1 Å². The van der Waals surface area contributed by atoms with E-state index in [9.17, 15) is 4.79 Å². The second-order valence-electron chi connectivity index (χ2n) is 7.19. The maximum Gasteiger partial charge on any atom is 0.407 e. The molecule has 0 spiro atoms. The fraction of sp³-hybridized carbons (Fsp3) is 0.706. The van der Waals surface area contributed by atoms with E-state index < -0.39 is 5.60 Å². The van der Waals surface area contributed by atoms with Crippen LogP contribution in [0.5, 0.6) is 0 Å². The minimum atomic E-state index is -0.440. The topological polar surface area (TPSA) is 57.4 Å². The SMILES string of the molecule is C[C@H](c1ccc[nH]1)N1CCC[C@H](CNC(=O)OC(C)(C)C)C1. The summed E-state index contributed by atoms with van der Waals surface area (Å²) in [4.78, 5) is 17.5. The van der Waals surface area contributed by atoms with E-state index in [2.05, 4.69) is 28.2 Å². The monoisotopic (exact) mass is 307 g/mol. The van der Waals surface area contributed by atoms with Crippen molar-refractivity contribution in [1.29, 1.82) is 0 Å². The molecule has 0 radical (unpaired) electrons. The Morgan fingerprint density at radius 3 is 2.95 bits per heavy atom. The molecule has 0 aliphatic carbocycles. The number of ether oxygens (including phenoxy) is 1. The van der Waals surface area contributed by atoms with E-state index in [0.29, 0.717) is 18.5 Å². The standard InChI is InChI=1S/C17H29N3O2/c1-13(15-8-5-9-18-15)20-10-6-7-14(12-20)11-19-16(21)22-17(2,3)4/h5,8-9,13-14,18H,6-7,10-12H2,1-4H3,(H,19,21)/t13-,14-/m1/s1. The summed E-state index contributed by atoms with van der Waals surface area (Å²) in [6.07, 6.45) is 3.98. The van der Waals surface area contributed by atoms with Crippen molar-refractivity contribution < 1.29 is 9.53 Å². The van der Waals surface area contributed by atoms with E-state index in [4.69, 9.17) is 4.74 Å². The molecule has 2 rings (SSSR count). The van der Waals surface area contributed by atoms with Crippen LogP contribution < -0.4 is 5.32 Å². The summed E-state index contributed by atoms with van der Waals surface area (Å²) in [6, 6.07) is 4.56. The molecule has 1 aliphatic heterocycles. The number of likely N-dealkylation sites (tertiary alicyclic amines) is 1. The van der Waals surface area contributed by atoms with Gasteiger partial charge in [-0.15, -0.1) is 0 Å². The maximum absolute atomic E-state index is 11.8. The minimum absolute atomic E-state index is 0.318. The number of nitrogens with one attached hydrogen (secondary N) is 2. The van der Waals surface area contributed by atoms with E-state index in [-0.39, 0.29) is 6.09 Å². The third-order valence-electron chi connectivity index (χ3n) is 4.10. The molecular formula is C17H29N3O2. The highest BCUT2D eigenvalue weighted by Gasteiger charge is 2.25. The summed E-state index contributed by atoms with van der Waals surface area (Å²) in [5.41, 5.74) is 0.811. The summed E-state index contributed by atoms with van der Waals surface area (Å²) >= 11 is 0. The number of piperidine rings is 1. The average molecular weight is 307 g/mol. The lowest BCUT2D eigenvalue weighted by Gasteiger charge is -2.36. The summed E-state index contributed by atoms with van der Waals surface area (Å²) in [6.45, 7) is 10.7. The van der Waals surface area contributed by atoms with Gasteiger partial charge in [-0.25, -0.2) is 4.79 Å². The second kappa shape index (κ2) is 7.18. The van der Waals surface area contributed by atoms with E-state index in [0.717, 1.165) is 19.5 Å². The van der Waals surface area contributed by atoms with Gasteiger partial charge in [-0.3, -0.25) is 4.90 Å². The van der Waals surface area contributed by atoms with Gasteiger partial charge in [0.25, 0.3) is 0 Å². The van der Waals surface area contributed by atoms with Crippen LogP contribution in [-0.2, 0) is 4.74 Å². The number of carbonyl (C=O) groups excluding carboxylic acids is 1. The molecule has 1 aromatic rings. The molecule has 0 aromatic carbocycles. The Kier molecular flexibility index (Phi) is 5.51. The Balaban J connectivity index is 1.80. The van der Waals surface area contributed by atoms with Gasteiger partial charge in [0.1, 0.15) is 5.60 Å². The first kappa shape index (κ1) is 16.9. The number of amides is 1. The molecule has 1 aromatic heterocycles. The second-order valence-corrected chi connectivity index (χ2v) is 7.19. The third kappa shape index (κ3) is 5.05. The van der Waals surface area contributed by atoms with Gasteiger partial charge in [0.15, 0.2) is 0 Å². The van der Waals surface area contributed by atoms with E-state index in [1.54, 1.807) is 0 Å². The number of hydrogen-bond acceptors (Lipinski definition) is 3. The molecule has 1 fully saturated rings. The van der Waals surface area contributed by atoms with Gasteiger partial charge in [-0.05, 0) is 65.1 Å². The molecule has 22 heavy (non-hydrogen) atoms. The summed E-state index contributed by atoms with van der Waals surface area (Å²) in [5, 5.41) is 2.91. The Labute approximate surface area is 133 Å². The summed E-state index contributed by atoms with van der Waals surface area (Å²) < 4.78 is 5.29. The van der Waals surface area contributed by atoms with Crippen molar-refractivity contribution in [2.45, 2.75) is 52.2 Å². The van der Waals surface area contributed by atoms with Crippen molar-refractivity contribution in [2.75, 3.05) is 19.6 Å². The van der Waals surface area contributed by atoms with Crippen LogP contribution in [0.3, 0.4) is 0 Å². The molecule has 2 N–H and O–H groups in total. The van der Waals surface area contributed by atoms with E-state index in [1.807, 2.05) is 33.0 Å². The summed E-state index contributed by atoms with van der Waals surface area (Å²) in [7, 11) is 0. The predicted octanol–water partition coefficient (Wildman–Crippen LogP) is 3.31. The van der Waals surface area contributed by atoms with Gasteiger partial charge >= 0.3 is 6.09 Å². The molecule has 124 valence electrons. The van der Waals surface area contributed by atoms with Gasteiger partial charge in [-0.1, -0.05) is 0 Å². The quantitative estimate of drug-likeness (QED) is 0.897. The van der Waals surface area contributed by atoms with Crippen LogP contribution in [0.1, 0.15) is 52.3 Å². The van der Waals surface area contributed by atoms with Gasteiger partial charge < -0.3 is 15.0 Å². The first-order valence-corrected chi connectivity index (χ1v) is 8.19. The third-order valence-corrected chi connectivity index (χ3v) is 4.10. The molecule has 1 aliphatic rings. The molecule has 0 bridgehead atoms. The molecule has 0 saturated carbocycles. The molecule has 2 atom stereocenters. The highest BCUT2D eigenvalue weighted by Crippen LogP contribution is 2.25. The van der Waals surface area contributed by atoms with Crippen molar-refractivity contribution in [3.63, 3.8) is 0 Å². The first-order chi connectivity index (χ1) is 10.3. The molecule has 5 heteroatoms. The summed E-state index contributed by atoms with van der Waals surface area (Å²) in [5.74, 6) is 0.485. The number of aromatic nitrogens is 1. The lowest BCUT2D eigenvalue weighted by atomic mass is 9.96. The Hall–Kier alpha value is -1.49. The van der Waals surface area contributed by atoms with Crippen LogP contribution in [0.25, 0.3) is 0 Å². The zero-order chi connectivity index (χ0) is 16.2. The van der Waals surface area contributed by atoms with Gasteiger partial charge in [-0.2, -0.15) is 0 Å². The number of aromatic amines is 1. The average Bonchev–Trinajstić information content (AvgIpc) is 2.97. The number of alkyl carbamates (subject to hydrolysis) is 1. The van der Waals surface area contributed by atoms with Gasteiger partial charge in [0, 0.05) is 31.0 Å². The van der Waals surface area contributed by atoms with Crippen LogP contribution >= 0.6 is 0 Å². The van der Waals surface area contributed by atoms with E-state index >= 15 is 0 Å². The minimum Gasteiger partial charge on any atom is -0.444 e. The Morgan fingerprint density at radius 2 is 2.32 bits per heavy atom. The number of nitrogens with zero attached hydrogens (tertiary/aromatic N) is 1. The van der Waals surface area contributed by atoms with Crippen molar-refractivity contribution in [2.24, 2.45) is 5.92 Å².